The van der Waals surface area contributed by atoms with Crippen LogP contribution in [0.3, 0.4) is 0 Å². The first-order valence-electron chi connectivity index (χ1n) is 8.03. The van der Waals surface area contributed by atoms with Gasteiger partial charge in [-0.1, -0.05) is 18.2 Å². The maximum absolute atomic E-state index is 13.5. The van der Waals surface area contributed by atoms with Crippen molar-refractivity contribution in [3.05, 3.63) is 77.9 Å². The van der Waals surface area contributed by atoms with E-state index in [9.17, 15) is 17.2 Å². The zero-order chi connectivity index (χ0) is 19.3. The van der Waals surface area contributed by atoms with Crippen molar-refractivity contribution >= 4 is 21.7 Å². The van der Waals surface area contributed by atoms with Crippen molar-refractivity contribution in [2.75, 3.05) is 16.6 Å². The van der Waals surface area contributed by atoms with E-state index in [4.69, 9.17) is 0 Å². The minimum absolute atomic E-state index is 0.0268. The van der Waals surface area contributed by atoms with Crippen molar-refractivity contribution in [2.45, 2.75) is 11.3 Å². The lowest BCUT2D eigenvalue weighted by Crippen LogP contribution is -2.15. The van der Waals surface area contributed by atoms with Gasteiger partial charge in [-0.2, -0.15) is 0 Å². The summed E-state index contributed by atoms with van der Waals surface area (Å²) < 4.78 is 53.1. The SMILES string of the molecule is O=S(=O)(Nc1ccc(NCCc2ccccc2F)nn1)c1ccc(F)cc1. The van der Waals surface area contributed by atoms with Crippen LogP contribution in [-0.2, 0) is 16.4 Å². The maximum Gasteiger partial charge on any atom is 0.263 e. The Labute approximate surface area is 155 Å². The Balaban J connectivity index is 1.58. The summed E-state index contributed by atoms with van der Waals surface area (Å²) in [6, 6.07) is 13.9. The largest absolute Gasteiger partial charge is 0.368 e. The number of anilines is 2. The first kappa shape index (κ1) is 18.7. The molecule has 0 spiro atoms. The predicted octanol–water partition coefficient (Wildman–Crippen LogP) is 3.21. The normalized spacial score (nSPS) is 11.2. The zero-order valence-corrected chi connectivity index (χ0v) is 14.9. The minimum atomic E-state index is -3.88. The molecule has 0 bridgehead atoms. The van der Waals surface area contributed by atoms with Crippen molar-refractivity contribution in [1.82, 2.24) is 10.2 Å². The molecule has 1 aromatic heterocycles. The lowest BCUT2D eigenvalue weighted by molar-refractivity contribution is 0.599. The molecule has 1 heterocycles. The van der Waals surface area contributed by atoms with Crippen LogP contribution in [0.4, 0.5) is 20.4 Å². The highest BCUT2D eigenvalue weighted by Gasteiger charge is 2.15. The summed E-state index contributed by atoms with van der Waals surface area (Å²) in [4.78, 5) is -0.0854. The number of nitrogens with zero attached hydrogens (tertiary/aromatic N) is 2. The molecule has 6 nitrogen and oxygen atoms in total. The van der Waals surface area contributed by atoms with E-state index in [1.165, 1.54) is 12.1 Å². The average Bonchev–Trinajstić information content (AvgIpc) is 2.65. The third-order valence-electron chi connectivity index (χ3n) is 3.69. The Bertz CT molecular complexity index is 1010. The smallest absolute Gasteiger partial charge is 0.263 e. The molecular formula is C18H16F2N4O2S. The molecule has 3 rings (SSSR count). The molecule has 0 amide bonds. The molecule has 0 saturated carbocycles. The second-order valence-electron chi connectivity index (χ2n) is 5.63. The fourth-order valence-corrected chi connectivity index (χ4v) is 3.31. The summed E-state index contributed by atoms with van der Waals surface area (Å²) in [5.41, 5.74) is 0.585. The molecule has 9 heteroatoms. The van der Waals surface area contributed by atoms with Gasteiger partial charge in [0.1, 0.15) is 17.5 Å². The summed E-state index contributed by atoms with van der Waals surface area (Å²) in [7, 11) is -3.88. The van der Waals surface area contributed by atoms with Crippen molar-refractivity contribution in [1.29, 1.82) is 0 Å². The molecule has 140 valence electrons. The first-order valence-corrected chi connectivity index (χ1v) is 9.52. The second-order valence-corrected chi connectivity index (χ2v) is 7.31. The highest BCUT2D eigenvalue weighted by molar-refractivity contribution is 7.92. The van der Waals surface area contributed by atoms with Crippen molar-refractivity contribution < 1.29 is 17.2 Å². The Morgan fingerprint density at radius 2 is 1.52 bits per heavy atom. The fourth-order valence-electron chi connectivity index (χ4n) is 2.32. The van der Waals surface area contributed by atoms with E-state index in [2.05, 4.69) is 20.2 Å². The van der Waals surface area contributed by atoms with Gasteiger partial charge in [0.2, 0.25) is 0 Å². The van der Waals surface area contributed by atoms with Crippen LogP contribution in [-0.4, -0.2) is 25.2 Å². The lowest BCUT2D eigenvalue weighted by atomic mass is 10.1. The van der Waals surface area contributed by atoms with E-state index >= 15 is 0 Å². The third kappa shape index (κ3) is 4.98. The summed E-state index contributed by atoms with van der Waals surface area (Å²) in [5.74, 6) is -0.342. The van der Waals surface area contributed by atoms with E-state index in [1.54, 1.807) is 24.3 Å². The summed E-state index contributed by atoms with van der Waals surface area (Å²) in [6.45, 7) is 0.441. The van der Waals surface area contributed by atoms with Gasteiger partial charge in [0.15, 0.2) is 5.82 Å². The molecule has 0 fully saturated rings. The topological polar surface area (TPSA) is 84.0 Å². The second kappa shape index (κ2) is 8.09. The van der Waals surface area contributed by atoms with Gasteiger partial charge in [0.25, 0.3) is 10.0 Å². The number of halogens is 2. The fraction of sp³-hybridized carbons (Fsp3) is 0.111. The number of hydrogen-bond acceptors (Lipinski definition) is 5. The van der Waals surface area contributed by atoms with E-state index < -0.39 is 15.8 Å². The Kier molecular flexibility index (Phi) is 5.60. The van der Waals surface area contributed by atoms with Gasteiger partial charge in [0.05, 0.1) is 4.90 Å². The van der Waals surface area contributed by atoms with Gasteiger partial charge in [-0.25, -0.2) is 17.2 Å². The standard InChI is InChI=1S/C18H16F2N4O2S/c19-14-5-7-15(8-6-14)27(25,26)24-18-10-9-17(22-23-18)21-12-11-13-3-1-2-4-16(13)20/h1-10H,11-12H2,(H,21,22)(H,23,24). The van der Waals surface area contributed by atoms with Crippen LogP contribution in [0, 0.1) is 11.6 Å². The Morgan fingerprint density at radius 1 is 0.852 bits per heavy atom. The molecule has 0 aliphatic heterocycles. The van der Waals surface area contributed by atoms with E-state index in [0.717, 1.165) is 24.3 Å². The maximum atomic E-state index is 13.5. The molecule has 0 saturated heterocycles. The third-order valence-corrected chi connectivity index (χ3v) is 5.06. The van der Waals surface area contributed by atoms with Crippen LogP contribution in [0.25, 0.3) is 0 Å². The summed E-state index contributed by atoms with van der Waals surface area (Å²) >= 11 is 0. The number of nitrogens with one attached hydrogen (secondary N) is 2. The van der Waals surface area contributed by atoms with Crippen LogP contribution in [0.2, 0.25) is 0 Å². The molecule has 2 N–H and O–H groups in total. The molecule has 0 atom stereocenters. The molecule has 3 aromatic rings. The number of rotatable bonds is 7. The van der Waals surface area contributed by atoms with Gasteiger partial charge in [-0.15, -0.1) is 10.2 Å². The van der Waals surface area contributed by atoms with Gasteiger partial charge in [-0.3, -0.25) is 4.72 Å². The van der Waals surface area contributed by atoms with Gasteiger partial charge in [-0.05, 0) is 54.4 Å². The first-order chi connectivity index (χ1) is 12.9. The monoisotopic (exact) mass is 390 g/mol. The molecule has 0 radical (unpaired) electrons. The highest BCUT2D eigenvalue weighted by Crippen LogP contribution is 2.15. The molecule has 2 aromatic carbocycles. The van der Waals surface area contributed by atoms with Crippen LogP contribution in [0.5, 0.6) is 0 Å². The number of hydrogen-bond donors (Lipinski definition) is 2. The average molecular weight is 390 g/mol. The van der Waals surface area contributed by atoms with Crippen LogP contribution in [0.15, 0.2) is 65.6 Å². The van der Waals surface area contributed by atoms with E-state index in [-0.39, 0.29) is 16.5 Å². The summed E-state index contributed by atoms with van der Waals surface area (Å²) in [5, 5.41) is 10.7. The van der Waals surface area contributed by atoms with Crippen molar-refractivity contribution in [2.24, 2.45) is 0 Å². The van der Waals surface area contributed by atoms with Crippen molar-refractivity contribution in [3.8, 4) is 0 Å². The van der Waals surface area contributed by atoms with E-state index in [0.29, 0.717) is 24.3 Å². The molecule has 0 aliphatic carbocycles. The predicted molar refractivity (Wildman–Crippen MR) is 97.8 cm³/mol. The summed E-state index contributed by atoms with van der Waals surface area (Å²) in [6.07, 6.45) is 0.466. The van der Waals surface area contributed by atoms with Gasteiger partial charge in [0, 0.05) is 6.54 Å². The highest BCUT2D eigenvalue weighted by atomic mass is 32.2. The minimum Gasteiger partial charge on any atom is -0.368 e. The van der Waals surface area contributed by atoms with Crippen LogP contribution >= 0.6 is 0 Å². The van der Waals surface area contributed by atoms with Crippen LogP contribution in [0.1, 0.15) is 5.56 Å². The quantitative estimate of drug-likeness (QED) is 0.647. The Morgan fingerprint density at radius 3 is 2.19 bits per heavy atom. The lowest BCUT2D eigenvalue weighted by Gasteiger charge is -2.08. The van der Waals surface area contributed by atoms with Crippen LogP contribution < -0.4 is 10.0 Å². The number of benzene rings is 2. The molecular weight excluding hydrogens is 374 g/mol. The van der Waals surface area contributed by atoms with Gasteiger partial charge < -0.3 is 5.32 Å². The zero-order valence-electron chi connectivity index (χ0n) is 14.1. The molecule has 0 unspecified atom stereocenters. The molecule has 0 aliphatic rings. The molecule has 27 heavy (non-hydrogen) atoms. The van der Waals surface area contributed by atoms with E-state index in [1.807, 2.05) is 0 Å². The number of aromatic nitrogens is 2. The Hall–Kier alpha value is -3.07. The number of sulfonamides is 1. The van der Waals surface area contributed by atoms with Gasteiger partial charge >= 0.3 is 0 Å². The van der Waals surface area contributed by atoms with Crippen molar-refractivity contribution in [3.63, 3.8) is 0 Å².